The zero-order valence-electron chi connectivity index (χ0n) is 14.7. The summed E-state index contributed by atoms with van der Waals surface area (Å²) in [7, 11) is -1.95. The number of hydrogen-bond acceptors (Lipinski definition) is 5. The normalized spacial score (nSPS) is 16.0. The van der Waals surface area contributed by atoms with Gasteiger partial charge in [-0.05, 0) is 49.8 Å². The molecule has 1 atom stereocenters. The summed E-state index contributed by atoms with van der Waals surface area (Å²) in [6.45, 7) is 2.67. The van der Waals surface area contributed by atoms with Gasteiger partial charge in [-0.25, -0.2) is 17.5 Å². The molecule has 2 rings (SSSR count). The van der Waals surface area contributed by atoms with Crippen molar-refractivity contribution in [2.24, 2.45) is 5.92 Å². The lowest BCUT2D eigenvalue weighted by Crippen LogP contribution is -2.29. The maximum absolute atomic E-state index is 13.8. The molecule has 0 spiro atoms. The lowest BCUT2D eigenvalue weighted by Gasteiger charge is -2.16. The molecule has 0 saturated heterocycles. The molecule has 1 saturated carbocycles. The van der Waals surface area contributed by atoms with E-state index in [4.69, 9.17) is 14.2 Å². The Morgan fingerprint density at radius 2 is 2.12 bits per heavy atom. The molecule has 1 N–H and O–H groups in total. The maximum Gasteiger partial charge on any atom is 0.212 e. The van der Waals surface area contributed by atoms with Gasteiger partial charge < -0.3 is 14.2 Å². The minimum atomic E-state index is -3.46. The zero-order valence-corrected chi connectivity index (χ0v) is 15.5. The van der Waals surface area contributed by atoms with E-state index in [1.54, 1.807) is 19.1 Å². The summed E-state index contributed by atoms with van der Waals surface area (Å²) in [6, 6.07) is 3.95. The van der Waals surface area contributed by atoms with E-state index in [9.17, 15) is 12.8 Å². The second kappa shape index (κ2) is 9.47. The van der Waals surface area contributed by atoms with Crippen molar-refractivity contribution in [3.63, 3.8) is 0 Å². The van der Waals surface area contributed by atoms with Crippen molar-refractivity contribution in [2.45, 2.75) is 32.2 Å². The molecule has 1 aliphatic carbocycles. The Morgan fingerprint density at radius 1 is 1.36 bits per heavy atom. The van der Waals surface area contributed by atoms with Crippen molar-refractivity contribution < 1.29 is 27.0 Å². The molecule has 25 heavy (non-hydrogen) atoms. The molecule has 1 unspecified atom stereocenters. The molecule has 142 valence electrons. The van der Waals surface area contributed by atoms with Crippen molar-refractivity contribution in [3.05, 3.63) is 29.6 Å². The number of halogens is 1. The van der Waals surface area contributed by atoms with Crippen LogP contribution in [0.15, 0.2) is 18.2 Å². The third-order valence-corrected chi connectivity index (χ3v) is 5.42. The average Bonchev–Trinajstić information content (AvgIpc) is 3.37. The van der Waals surface area contributed by atoms with E-state index < -0.39 is 21.9 Å². The van der Waals surface area contributed by atoms with Gasteiger partial charge in [0.25, 0.3) is 0 Å². The van der Waals surface area contributed by atoms with Gasteiger partial charge in [-0.2, -0.15) is 0 Å². The van der Waals surface area contributed by atoms with E-state index >= 15 is 0 Å². The van der Waals surface area contributed by atoms with Crippen LogP contribution in [0.5, 0.6) is 5.75 Å². The van der Waals surface area contributed by atoms with Crippen LogP contribution in [0.3, 0.4) is 0 Å². The Kier molecular flexibility index (Phi) is 7.61. The highest BCUT2D eigenvalue weighted by atomic mass is 32.2. The standard InChI is InChI=1S/C17H26FNO5S/c1-13(19-25(20,21)9-3-8-23-12-22-2)15-6-7-16(18)17(10-15)24-11-14-4-5-14/h6-7,10,13-14,19H,3-5,8-9,11-12H2,1-2H3. The molecule has 1 aliphatic rings. The first-order valence-electron chi connectivity index (χ1n) is 8.40. The van der Waals surface area contributed by atoms with Gasteiger partial charge in [0.1, 0.15) is 6.79 Å². The highest BCUT2D eigenvalue weighted by molar-refractivity contribution is 7.89. The Morgan fingerprint density at radius 3 is 2.80 bits per heavy atom. The van der Waals surface area contributed by atoms with Gasteiger partial charge in [0.05, 0.1) is 19.0 Å². The summed E-state index contributed by atoms with van der Waals surface area (Å²) < 4.78 is 56.0. The van der Waals surface area contributed by atoms with E-state index in [1.165, 1.54) is 13.2 Å². The van der Waals surface area contributed by atoms with Crippen LogP contribution in [0, 0.1) is 11.7 Å². The van der Waals surface area contributed by atoms with Crippen LogP contribution in [-0.4, -0.2) is 41.3 Å². The average molecular weight is 375 g/mol. The molecule has 0 heterocycles. The van der Waals surface area contributed by atoms with Crippen LogP contribution in [0.1, 0.15) is 37.8 Å². The molecule has 0 aromatic heterocycles. The fourth-order valence-corrected chi connectivity index (χ4v) is 3.57. The number of ether oxygens (including phenoxy) is 3. The first kappa shape index (κ1) is 20.1. The van der Waals surface area contributed by atoms with Crippen molar-refractivity contribution in [2.75, 3.05) is 32.9 Å². The van der Waals surface area contributed by atoms with Gasteiger partial charge in [-0.3, -0.25) is 0 Å². The fraction of sp³-hybridized carbons (Fsp3) is 0.647. The SMILES string of the molecule is COCOCCCS(=O)(=O)NC(C)c1ccc(F)c(OCC2CC2)c1. The monoisotopic (exact) mass is 375 g/mol. The summed E-state index contributed by atoms with van der Waals surface area (Å²) in [6.07, 6.45) is 2.60. The van der Waals surface area contributed by atoms with Gasteiger partial charge in [-0.15, -0.1) is 0 Å². The molecule has 0 bridgehead atoms. The van der Waals surface area contributed by atoms with Crippen LogP contribution in [0.2, 0.25) is 0 Å². The maximum atomic E-state index is 13.8. The minimum Gasteiger partial charge on any atom is -0.490 e. The molecule has 8 heteroatoms. The topological polar surface area (TPSA) is 73.9 Å². The molecule has 1 aromatic carbocycles. The number of nitrogens with one attached hydrogen (secondary N) is 1. The van der Waals surface area contributed by atoms with Gasteiger partial charge in [-0.1, -0.05) is 6.07 Å². The molecule has 1 fully saturated rings. The largest absolute Gasteiger partial charge is 0.490 e. The van der Waals surface area contributed by atoms with Gasteiger partial charge >= 0.3 is 0 Å². The van der Waals surface area contributed by atoms with Crippen LogP contribution in [0.25, 0.3) is 0 Å². The second-order valence-electron chi connectivity index (χ2n) is 6.27. The highest BCUT2D eigenvalue weighted by Gasteiger charge is 2.23. The van der Waals surface area contributed by atoms with Gasteiger partial charge in [0.15, 0.2) is 11.6 Å². The molecular weight excluding hydrogens is 349 g/mol. The van der Waals surface area contributed by atoms with Gasteiger partial charge in [0, 0.05) is 13.2 Å². The number of rotatable bonds is 12. The third kappa shape index (κ3) is 7.27. The Balaban J connectivity index is 1.87. The molecule has 6 nitrogen and oxygen atoms in total. The lowest BCUT2D eigenvalue weighted by molar-refractivity contribution is -0.0298. The smallest absolute Gasteiger partial charge is 0.212 e. The molecule has 0 aliphatic heterocycles. The highest BCUT2D eigenvalue weighted by Crippen LogP contribution is 2.31. The summed E-state index contributed by atoms with van der Waals surface area (Å²) >= 11 is 0. The Bertz CT molecular complexity index is 648. The van der Waals surface area contributed by atoms with E-state index in [-0.39, 0.29) is 18.3 Å². The molecular formula is C17H26FNO5S. The predicted octanol–water partition coefficient (Wildman–Crippen LogP) is 2.61. The molecule has 0 amide bonds. The Labute approximate surface area is 148 Å². The summed E-state index contributed by atoms with van der Waals surface area (Å²) in [4.78, 5) is 0. The van der Waals surface area contributed by atoms with Crippen molar-refractivity contribution in [1.29, 1.82) is 0 Å². The number of sulfonamides is 1. The van der Waals surface area contributed by atoms with E-state index in [1.807, 2.05) is 0 Å². The number of methoxy groups -OCH3 is 1. The minimum absolute atomic E-state index is 0.0483. The van der Waals surface area contributed by atoms with E-state index in [2.05, 4.69) is 4.72 Å². The predicted molar refractivity (Wildman–Crippen MR) is 92.4 cm³/mol. The summed E-state index contributed by atoms with van der Waals surface area (Å²) in [5.41, 5.74) is 0.659. The van der Waals surface area contributed by atoms with Crippen LogP contribution >= 0.6 is 0 Å². The number of benzene rings is 1. The molecule has 1 aromatic rings. The first-order valence-corrected chi connectivity index (χ1v) is 10.1. The first-order chi connectivity index (χ1) is 11.9. The second-order valence-corrected chi connectivity index (χ2v) is 8.14. The third-order valence-electron chi connectivity index (χ3n) is 3.89. The van der Waals surface area contributed by atoms with Crippen LogP contribution in [-0.2, 0) is 19.5 Å². The number of hydrogen-bond donors (Lipinski definition) is 1. The molecule has 0 radical (unpaired) electrons. The van der Waals surface area contributed by atoms with Crippen molar-refractivity contribution in [3.8, 4) is 5.75 Å². The van der Waals surface area contributed by atoms with Crippen LogP contribution < -0.4 is 9.46 Å². The lowest BCUT2D eigenvalue weighted by atomic mass is 10.1. The summed E-state index contributed by atoms with van der Waals surface area (Å²) in [5.74, 6) is 0.199. The fourth-order valence-electron chi connectivity index (χ4n) is 2.28. The quantitative estimate of drug-likeness (QED) is 0.449. The summed E-state index contributed by atoms with van der Waals surface area (Å²) in [5, 5.41) is 0. The zero-order chi connectivity index (χ0) is 18.3. The van der Waals surface area contributed by atoms with Crippen molar-refractivity contribution in [1.82, 2.24) is 4.72 Å². The van der Waals surface area contributed by atoms with E-state index in [0.29, 0.717) is 31.1 Å². The van der Waals surface area contributed by atoms with Crippen molar-refractivity contribution >= 4 is 10.0 Å². The van der Waals surface area contributed by atoms with Crippen LogP contribution in [0.4, 0.5) is 4.39 Å². The van der Waals surface area contributed by atoms with E-state index in [0.717, 1.165) is 12.8 Å². The Hall–Kier alpha value is -1.22. The van der Waals surface area contributed by atoms with Gasteiger partial charge in [0.2, 0.25) is 10.0 Å².